The maximum atomic E-state index is 13.1. The highest BCUT2D eigenvalue weighted by molar-refractivity contribution is 5.86. The fourth-order valence-electron chi connectivity index (χ4n) is 2.51. The van der Waals surface area contributed by atoms with Crippen LogP contribution in [0.2, 0.25) is 0 Å². The van der Waals surface area contributed by atoms with Crippen LogP contribution in [-0.4, -0.2) is 16.0 Å². The highest BCUT2D eigenvalue weighted by Crippen LogP contribution is 2.30. The van der Waals surface area contributed by atoms with E-state index in [1.807, 2.05) is 0 Å². The van der Waals surface area contributed by atoms with Crippen LogP contribution in [0.25, 0.3) is 11.4 Å². The monoisotopic (exact) mass is 402 g/mol. The van der Waals surface area contributed by atoms with Crippen LogP contribution in [0.3, 0.4) is 0 Å². The number of alkyl halides is 3. The Bertz CT molecular complexity index is 1120. The van der Waals surface area contributed by atoms with Gasteiger partial charge in [-0.05, 0) is 48.5 Å². The molecule has 0 spiro atoms. The lowest BCUT2D eigenvalue weighted by atomic mass is 10.2. The molecule has 0 saturated heterocycles. The fourth-order valence-corrected chi connectivity index (χ4v) is 2.51. The maximum absolute atomic E-state index is 13.1. The first-order valence-corrected chi connectivity index (χ1v) is 8.29. The quantitative estimate of drug-likeness (QED) is 0.488. The van der Waals surface area contributed by atoms with Gasteiger partial charge in [-0.1, -0.05) is 6.07 Å². The molecule has 0 aliphatic rings. The van der Waals surface area contributed by atoms with Crippen LogP contribution in [0.5, 0.6) is 0 Å². The van der Waals surface area contributed by atoms with Crippen LogP contribution in [-0.2, 0) is 6.18 Å². The van der Waals surface area contributed by atoms with E-state index in [1.54, 1.807) is 0 Å². The average molecular weight is 402 g/mol. The van der Waals surface area contributed by atoms with Gasteiger partial charge in [0.05, 0.1) is 16.9 Å². The van der Waals surface area contributed by atoms with Gasteiger partial charge in [0.2, 0.25) is 5.43 Å². The Morgan fingerprint density at radius 2 is 1.83 bits per heavy atom. The van der Waals surface area contributed by atoms with Gasteiger partial charge in [-0.3, -0.25) is 4.79 Å². The fraction of sp³-hybridized carbons (Fsp3) is 0.0500. The normalized spacial score (nSPS) is 11.9. The lowest BCUT2D eigenvalue weighted by molar-refractivity contribution is -0.137. The Balaban J connectivity index is 2.03. The van der Waals surface area contributed by atoms with E-state index in [9.17, 15) is 22.4 Å². The van der Waals surface area contributed by atoms with Gasteiger partial charge in [-0.25, -0.2) is 9.07 Å². The van der Waals surface area contributed by atoms with Crippen molar-refractivity contribution in [2.75, 3.05) is 5.32 Å². The van der Waals surface area contributed by atoms with Crippen molar-refractivity contribution in [1.82, 2.24) is 9.78 Å². The number of aromatic nitrogens is 2. The van der Waals surface area contributed by atoms with Crippen LogP contribution in [0.4, 0.5) is 23.2 Å². The van der Waals surface area contributed by atoms with Crippen LogP contribution in [0, 0.1) is 11.2 Å². The summed E-state index contributed by atoms with van der Waals surface area (Å²) in [6, 6.07) is 11.0. The van der Waals surface area contributed by atoms with E-state index in [2.05, 4.69) is 10.4 Å². The Morgan fingerprint density at radius 3 is 2.48 bits per heavy atom. The molecule has 0 amide bonds. The summed E-state index contributed by atoms with van der Waals surface area (Å²) in [6.07, 6.45) is -1.08. The van der Waals surface area contributed by atoms with E-state index in [0.29, 0.717) is 5.69 Å². The first-order chi connectivity index (χ1) is 13.8. The molecule has 2 N–H and O–H groups in total. The van der Waals surface area contributed by atoms with Gasteiger partial charge >= 0.3 is 6.18 Å². The standard InChI is InChI=1S/C20H14F4N4O/c21-14-4-6-15(7-5-14)26-17(8-10-25)19-18(29)9-11-28(27-19)16-3-1-2-13(12-16)20(22,23)24/h1-12,25-26H/b17-8-,25-10?. The molecule has 1 aromatic heterocycles. The second-order valence-electron chi connectivity index (χ2n) is 5.90. The minimum Gasteiger partial charge on any atom is -0.354 e. The molecule has 0 aliphatic heterocycles. The number of benzene rings is 2. The predicted octanol–water partition coefficient (Wildman–Crippen LogP) is 4.49. The lowest BCUT2D eigenvalue weighted by Crippen LogP contribution is -2.18. The van der Waals surface area contributed by atoms with Crippen molar-refractivity contribution >= 4 is 17.6 Å². The predicted molar refractivity (Wildman–Crippen MR) is 102 cm³/mol. The zero-order valence-corrected chi connectivity index (χ0v) is 14.7. The van der Waals surface area contributed by atoms with E-state index in [0.717, 1.165) is 29.1 Å². The summed E-state index contributed by atoms with van der Waals surface area (Å²) < 4.78 is 53.2. The number of hydrogen-bond donors (Lipinski definition) is 2. The summed E-state index contributed by atoms with van der Waals surface area (Å²) in [5.41, 5.74) is -0.782. The topological polar surface area (TPSA) is 70.8 Å². The summed E-state index contributed by atoms with van der Waals surface area (Å²) in [6.45, 7) is 0. The van der Waals surface area contributed by atoms with Crippen LogP contribution < -0.4 is 10.7 Å². The smallest absolute Gasteiger partial charge is 0.354 e. The van der Waals surface area contributed by atoms with Gasteiger partial charge in [-0.15, -0.1) is 0 Å². The first kappa shape index (κ1) is 20.0. The zero-order chi connectivity index (χ0) is 21.0. The second-order valence-corrected chi connectivity index (χ2v) is 5.90. The number of anilines is 1. The van der Waals surface area contributed by atoms with Crippen molar-refractivity contribution in [3.8, 4) is 5.69 Å². The Kier molecular flexibility index (Phi) is 5.58. The minimum absolute atomic E-state index is 0.108. The van der Waals surface area contributed by atoms with Crippen molar-refractivity contribution in [2.24, 2.45) is 0 Å². The average Bonchev–Trinajstić information content (AvgIpc) is 2.69. The second kappa shape index (κ2) is 8.09. The summed E-state index contributed by atoms with van der Waals surface area (Å²) in [4.78, 5) is 12.3. The first-order valence-electron chi connectivity index (χ1n) is 8.29. The third-order valence-corrected chi connectivity index (χ3v) is 3.87. The van der Waals surface area contributed by atoms with Crippen LogP contribution in [0.1, 0.15) is 11.3 Å². The van der Waals surface area contributed by atoms with E-state index in [1.165, 1.54) is 48.7 Å². The largest absolute Gasteiger partial charge is 0.416 e. The number of nitrogens with one attached hydrogen (secondary N) is 2. The molecule has 1 heterocycles. The molecule has 0 fully saturated rings. The summed E-state index contributed by atoms with van der Waals surface area (Å²) in [5.74, 6) is -0.446. The molecule has 0 aliphatic carbocycles. The van der Waals surface area contributed by atoms with Gasteiger partial charge < -0.3 is 10.7 Å². The number of allylic oxidation sites excluding steroid dienone is 1. The van der Waals surface area contributed by atoms with Gasteiger partial charge in [0.1, 0.15) is 5.82 Å². The SMILES string of the molecule is N=C/C=C(\Nc1ccc(F)cc1)c1nn(-c2cccc(C(F)(F)F)c2)ccc1=O. The molecule has 0 saturated carbocycles. The Morgan fingerprint density at radius 1 is 1.10 bits per heavy atom. The summed E-state index contributed by atoms with van der Waals surface area (Å²) in [5, 5.41) is 14.3. The van der Waals surface area contributed by atoms with E-state index in [-0.39, 0.29) is 17.1 Å². The molecular formula is C20H14F4N4O. The molecular weight excluding hydrogens is 388 g/mol. The van der Waals surface area contributed by atoms with Crippen molar-refractivity contribution in [2.45, 2.75) is 6.18 Å². The van der Waals surface area contributed by atoms with E-state index >= 15 is 0 Å². The van der Waals surface area contributed by atoms with Crippen LogP contribution in [0.15, 0.2) is 71.7 Å². The molecule has 3 rings (SSSR count). The number of nitrogens with zero attached hydrogens (tertiary/aromatic N) is 2. The molecule has 0 atom stereocenters. The summed E-state index contributed by atoms with van der Waals surface area (Å²) in [7, 11) is 0. The highest BCUT2D eigenvalue weighted by Gasteiger charge is 2.30. The molecule has 2 aromatic carbocycles. The third kappa shape index (κ3) is 4.75. The highest BCUT2D eigenvalue weighted by atomic mass is 19.4. The number of rotatable bonds is 5. The van der Waals surface area contributed by atoms with Crippen molar-refractivity contribution in [3.05, 3.63) is 94.2 Å². The maximum Gasteiger partial charge on any atom is 0.416 e. The van der Waals surface area contributed by atoms with Crippen molar-refractivity contribution in [1.29, 1.82) is 5.41 Å². The zero-order valence-electron chi connectivity index (χ0n) is 14.7. The molecule has 0 radical (unpaired) electrons. The van der Waals surface area contributed by atoms with E-state index < -0.39 is 23.0 Å². The van der Waals surface area contributed by atoms with Gasteiger partial charge in [-0.2, -0.15) is 18.3 Å². The van der Waals surface area contributed by atoms with Crippen LogP contribution >= 0.6 is 0 Å². The number of halogens is 4. The van der Waals surface area contributed by atoms with Crippen molar-refractivity contribution in [3.63, 3.8) is 0 Å². The molecule has 0 unspecified atom stereocenters. The molecule has 29 heavy (non-hydrogen) atoms. The molecule has 5 nitrogen and oxygen atoms in total. The molecule has 148 valence electrons. The minimum atomic E-state index is -4.52. The lowest BCUT2D eigenvalue weighted by Gasteiger charge is -2.13. The van der Waals surface area contributed by atoms with Gasteiger partial charge in [0.15, 0.2) is 5.69 Å². The van der Waals surface area contributed by atoms with Gasteiger partial charge in [0, 0.05) is 24.2 Å². The molecule has 3 aromatic rings. The number of hydrogen-bond acceptors (Lipinski definition) is 4. The molecule has 9 heteroatoms. The van der Waals surface area contributed by atoms with Gasteiger partial charge in [0.25, 0.3) is 0 Å². The molecule has 0 bridgehead atoms. The summed E-state index contributed by atoms with van der Waals surface area (Å²) >= 11 is 0. The van der Waals surface area contributed by atoms with E-state index in [4.69, 9.17) is 5.41 Å². The van der Waals surface area contributed by atoms with Crippen molar-refractivity contribution < 1.29 is 17.6 Å². The Hall–Kier alpha value is -3.75. The third-order valence-electron chi connectivity index (χ3n) is 3.87. The Labute approximate surface area is 162 Å².